The van der Waals surface area contributed by atoms with E-state index in [1.54, 1.807) is 12.3 Å². The molecule has 0 fully saturated rings. The largest absolute Gasteiger partial charge is 0.486 e. The van der Waals surface area contributed by atoms with Crippen LogP contribution in [0.1, 0.15) is 19.0 Å². The number of nitrogens with zero attached hydrogens (tertiary/aromatic N) is 1. The molecule has 1 N–H and O–H groups in total. The Morgan fingerprint density at radius 1 is 1.30 bits per heavy atom. The molecular formula is C15H16BrClN2O. The Hall–Kier alpha value is -1.26. The Bertz CT molecular complexity index is 578. The summed E-state index contributed by atoms with van der Waals surface area (Å²) >= 11 is 9.32. The van der Waals surface area contributed by atoms with Crippen LogP contribution in [0.15, 0.2) is 41.0 Å². The monoisotopic (exact) mass is 354 g/mol. The van der Waals surface area contributed by atoms with Crippen molar-refractivity contribution in [1.29, 1.82) is 0 Å². The highest BCUT2D eigenvalue weighted by Gasteiger charge is 2.03. The average Bonchev–Trinajstić information content (AvgIpc) is 2.45. The fourth-order valence-corrected chi connectivity index (χ4v) is 2.48. The molecule has 106 valence electrons. The first-order valence-corrected chi connectivity index (χ1v) is 7.63. The Morgan fingerprint density at radius 3 is 2.90 bits per heavy atom. The molecule has 0 unspecified atom stereocenters. The number of hydrogen-bond acceptors (Lipinski definition) is 3. The Morgan fingerprint density at radius 2 is 2.15 bits per heavy atom. The maximum Gasteiger partial charge on any atom is 0.134 e. The topological polar surface area (TPSA) is 34.2 Å². The van der Waals surface area contributed by atoms with Gasteiger partial charge in [-0.3, -0.25) is 4.98 Å². The molecule has 0 saturated heterocycles. The summed E-state index contributed by atoms with van der Waals surface area (Å²) < 4.78 is 6.58. The van der Waals surface area contributed by atoms with E-state index in [1.165, 1.54) is 0 Å². The van der Waals surface area contributed by atoms with Gasteiger partial charge < -0.3 is 10.1 Å². The Balaban J connectivity index is 1.99. The zero-order valence-corrected chi connectivity index (χ0v) is 13.5. The van der Waals surface area contributed by atoms with Crippen molar-refractivity contribution in [3.05, 3.63) is 51.7 Å². The molecule has 0 radical (unpaired) electrons. The maximum absolute atomic E-state index is 5.90. The third-order valence-corrected chi connectivity index (χ3v) is 3.52. The molecule has 1 aromatic carbocycles. The molecule has 2 aromatic rings. The number of pyridine rings is 1. The normalized spacial score (nSPS) is 10.3. The third kappa shape index (κ3) is 4.39. The molecule has 0 aliphatic rings. The minimum Gasteiger partial charge on any atom is -0.486 e. The minimum atomic E-state index is 0.419. The highest BCUT2D eigenvalue weighted by molar-refractivity contribution is 9.10. The van der Waals surface area contributed by atoms with E-state index in [0.29, 0.717) is 11.6 Å². The van der Waals surface area contributed by atoms with Gasteiger partial charge in [-0.1, -0.05) is 18.5 Å². The van der Waals surface area contributed by atoms with Crippen molar-refractivity contribution in [2.75, 3.05) is 11.9 Å². The molecule has 0 atom stereocenters. The van der Waals surface area contributed by atoms with E-state index >= 15 is 0 Å². The summed E-state index contributed by atoms with van der Waals surface area (Å²) in [7, 11) is 0. The lowest BCUT2D eigenvalue weighted by Gasteiger charge is -2.09. The van der Waals surface area contributed by atoms with Crippen LogP contribution in [-0.2, 0) is 6.61 Å². The van der Waals surface area contributed by atoms with E-state index in [0.717, 1.165) is 34.6 Å². The molecule has 0 spiro atoms. The molecule has 1 aromatic heterocycles. The Labute approximate surface area is 132 Å². The number of aromatic nitrogens is 1. The summed E-state index contributed by atoms with van der Waals surface area (Å²) in [6.07, 6.45) is 2.87. The van der Waals surface area contributed by atoms with E-state index in [2.05, 4.69) is 33.2 Å². The second kappa shape index (κ2) is 7.50. The van der Waals surface area contributed by atoms with Crippen molar-refractivity contribution in [2.24, 2.45) is 0 Å². The number of benzene rings is 1. The van der Waals surface area contributed by atoms with Gasteiger partial charge in [0.2, 0.25) is 0 Å². The van der Waals surface area contributed by atoms with Crippen LogP contribution < -0.4 is 10.1 Å². The number of hydrogen-bond donors (Lipinski definition) is 1. The summed E-state index contributed by atoms with van der Waals surface area (Å²) in [6.45, 7) is 3.51. The molecular weight excluding hydrogens is 340 g/mol. The molecule has 1 heterocycles. The predicted molar refractivity (Wildman–Crippen MR) is 86.5 cm³/mol. The van der Waals surface area contributed by atoms with E-state index < -0.39 is 0 Å². The lowest BCUT2D eigenvalue weighted by atomic mass is 10.3. The molecule has 0 aliphatic heterocycles. The molecule has 3 nitrogen and oxygen atoms in total. The van der Waals surface area contributed by atoms with Crippen LogP contribution >= 0.6 is 27.5 Å². The van der Waals surface area contributed by atoms with Gasteiger partial charge in [0.05, 0.1) is 10.2 Å². The average molecular weight is 356 g/mol. The summed E-state index contributed by atoms with van der Waals surface area (Å²) in [6, 6.07) is 9.40. The van der Waals surface area contributed by atoms with Gasteiger partial charge in [-0.25, -0.2) is 0 Å². The summed E-state index contributed by atoms with van der Waals surface area (Å²) in [5.41, 5.74) is 1.95. The van der Waals surface area contributed by atoms with Crippen molar-refractivity contribution in [3.8, 4) is 5.75 Å². The van der Waals surface area contributed by atoms with E-state index in [4.69, 9.17) is 16.3 Å². The summed E-state index contributed by atoms with van der Waals surface area (Å²) in [5, 5.41) is 4.00. The van der Waals surface area contributed by atoms with Crippen molar-refractivity contribution in [3.63, 3.8) is 0 Å². The molecule has 0 amide bonds. The van der Waals surface area contributed by atoms with Gasteiger partial charge in [0.1, 0.15) is 12.4 Å². The van der Waals surface area contributed by atoms with E-state index in [-0.39, 0.29) is 0 Å². The number of nitrogens with one attached hydrogen (secondary N) is 1. The molecule has 5 heteroatoms. The smallest absolute Gasteiger partial charge is 0.134 e. The lowest BCUT2D eigenvalue weighted by Crippen LogP contribution is -2.03. The summed E-state index contributed by atoms with van der Waals surface area (Å²) in [5.74, 6) is 0.753. The zero-order chi connectivity index (χ0) is 14.4. The van der Waals surface area contributed by atoms with Crippen LogP contribution in [0.3, 0.4) is 0 Å². The van der Waals surface area contributed by atoms with Crippen molar-refractivity contribution in [2.45, 2.75) is 20.0 Å². The molecule has 0 aliphatic carbocycles. The van der Waals surface area contributed by atoms with Gasteiger partial charge in [-0.2, -0.15) is 0 Å². The van der Waals surface area contributed by atoms with Gasteiger partial charge in [-0.05, 0) is 52.7 Å². The first kappa shape index (κ1) is 15.1. The Kier molecular flexibility index (Phi) is 5.68. The van der Waals surface area contributed by atoms with Crippen LogP contribution in [0.4, 0.5) is 5.69 Å². The maximum atomic E-state index is 5.90. The van der Waals surface area contributed by atoms with Gasteiger partial charge in [0.15, 0.2) is 0 Å². The fourth-order valence-electron chi connectivity index (χ4n) is 1.68. The highest BCUT2D eigenvalue weighted by Crippen LogP contribution is 2.28. The van der Waals surface area contributed by atoms with Crippen LogP contribution in [0, 0.1) is 0 Å². The van der Waals surface area contributed by atoms with Gasteiger partial charge in [0.25, 0.3) is 0 Å². The number of ether oxygens (including phenoxy) is 1. The highest BCUT2D eigenvalue weighted by atomic mass is 79.9. The van der Waals surface area contributed by atoms with E-state index in [1.807, 2.05) is 24.3 Å². The molecule has 0 bridgehead atoms. The van der Waals surface area contributed by atoms with Crippen LogP contribution in [0.25, 0.3) is 0 Å². The second-order valence-electron chi connectivity index (χ2n) is 4.33. The third-order valence-electron chi connectivity index (χ3n) is 2.67. The minimum absolute atomic E-state index is 0.419. The van der Waals surface area contributed by atoms with E-state index in [9.17, 15) is 0 Å². The fraction of sp³-hybridized carbons (Fsp3) is 0.267. The zero-order valence-electron chi connectivity index (χ0n) is 11.2. The first-order chi connectivity index (χ1) is 9.69. The molecule has 2 rings (SSSR count). The molecule has 0 saturated carbocycles. The van der Waals surface area contributed by atoms with Crippen molar-refractivity contribution < 1.29 is 4.74 Å². The number of anilines is 1. The lowest BCUT2D eigenvalue weighted by molar-refractivity contribution is 0.299. The quantitative estimate of drug-likeness (QED) is 0.800. The predicted octanol–water partition coefficient (Wildman–Crippen LogP) is 4.90. The number of halogens is 2. The van der Waals surface area contributed by atoms with Crippen LogP contribution in [0.2, 0.25) is 5.02 Å². The van der Waals surface area contributed by atoms with Crippen molar-refractivity contribution >= 4 is 33.2 Å². The SMILES string of the molecule is CCCNc1ccnc(COc2ccc(Cl)cc2Br)c1. The summed E-state index contributed by atoms with van der Waals surface area (Å²) in [4.78, 5) is 4.30. The first-order valence-electron chi connectivity index (χ1n) is 6.45. The molecule has 20 heavy (non-hydrogen) atoms. The standard InChI is InChI=1S/C15H16BrClN2O/c1-2-6-18-12-5-7-19-13(9-12)10-20-15-4-3-11(17)8-14(15)16/h3-5,7-9H,2,6,10H2,1H3,(H,18,19). The van der Waals surface area contributed by atoms with Gasteiger partial charge in [0, 0.05) is 23.5 Å². The van der Waals surface area contributed by atoms with Gasteiger partial charge >= 0.3 is 0 Å². The van der Waals surface area contributed by atoms with Crippen LogP contribution in [0.5, 0.6) is 5.75 Å². The second-order valence-corrected chi connectivity index (χ2v) is 5.62. The van der Waals surface area contributed by atoms with Crippen LogP contribution in [-0.4, -0.2) is 11.5 Å². The van der Waals surface area contributed by atoms with Gasteiger partial charge in [-0.15, -0.1) is 0 Å². The van der Waals surface area contributed by atoms with Crippen molar-refractivity contribution in [1.82, 2.24) is 4.98 Å². The number of rotatable bonds is 6.